The zero-order chi connectivity index (χ0) is 23.3. The maximum Gasteiger partial charge on any atom is 0.294 e. The Bertz CT molecular complexity index is 1470. The molecule has 5 rings (SSSR count). The van der Waals surface area contributed by atoms with Crippen molar-refractivity contribution in [3.63, 3.8) is 0 Å². The molecule has 1 aliphatic rings. The molecule has 1 atom stereocenters. The molecule has 2 aromatic heterocycles. The number of carbonyl (C=O) groups excluding carboxylic acids is 2. The summed E-state index contributed by atoms with van der Waals surface area (Å²) in [5, 5.41) is 11.7. The van der Waals surface area contributed by atoms with E-state index < -0.39 is 35.1 Å². The number of rotatable bonds is 4. The molecular weight excluding hydrogens is 454 g/mol. The van der Waals surface area contributed by atoms with E-state index in [0.29, 0.717) is 21.6 Å². The molecule has 1 N–H and O–H groups in total. The Hall–Kier alpha value is -4.04. The molecule has 1 amide bonds. The number of halogens is 3. The van der Waals surface area contributed by atoms with Gasteiger partial charge in [0, 0.05) is 34.6 Å². The summed E-state index contributed by atoms with van der Waals surface area (Å²) >= 11 is 6.00. The molecule has 0 saturated heterocycles. The molecule has 0 aliphatic carbocycles. The first-order valence-corrected chi connectivity index (χ1v) is 10.1. The van der Waals surface area contributed by atoms with Crippen LogP contribution in [0.5, 0.6) is 0 Å². The predicted molar refractivity (Wildman–Crippen MR) is 116 cm³/mol. The van der Waals surface area contributed by atoms with Gasteiger partial charge in [0.25, 0.3) is 5.91 Å². The number of aromatic nitrogens is 1. The van der Waals surface area contributed by atoms with Crippen LogP contribution in [0, 0.1) is 11.6 Å². The molecule has 0 spiro atoms. The number of anilines is 1. The van der Waals surface area contributed by atoms with Crippen LogP contribution in [0.3, 0.4) is 0 Å². The number of hydrogen-bond donors (Lipinski definition) is 1. The van der Waals surface area contributed by atoms with Gasteiger partial charge in [-0.25, -0.2) is 8.78 Å². The lowest BCUT2D eigenvalue weighted by molar-refractivity contribution is -0.117. The summed E-state index contributed by atoms with van der Waals surface area (Å²) in [4.78, 5) is 31.5. The highest BCUT2D eigenvalue weighted by Gasteiger charge is 2.45. The van der Waals surface area contributed by atoms with Crippen LogP contribution in [0.25, 0.3) is 11.0 Å². The second-order valence-electron chi connectivity index (χ2n) is 7.35. The maximum absolute atomic E-state index is 14.0. The third-order valence-electron chi connectivity index (χ3n) is 5.34. The second kappa shape index (κ2) is 7.83. The average Bonchev–Trinajstić information content (AvgIpc) is 3.34. The van der Waals surface area contributed by atoms with Crippen LogP contribution in [0.15, 0.2) is 82.7 Å². The van der Waals surface area contributed by atoms with Gasteiger partial charge in [0.15, 0.2) is 23.2 Å². The van der Waals surface area contributed by atoms with Crippen molar-refractivity contribution in [2.45, 2.75) is 6.04 Å². The van der Waals surface area contributed by atoms with Gasteiger partial charge in [-0.1, -0.05) is 17.7 Å². The fourth-order valence-corrected chi connectivity index (χ4v) is 4.03. The van der Waals surface area contributed by atoms with Crippen LogP contribution in [0.1, 0.15) is 22.2 Å². The largest absolute Gasteiger partial charge is 0.503 e. The summed E-state index contributed by atoms with van der Waals surface area (Å²) in [6.45, 7) is 0. The fraction of sp³-hybridized carbons (Fsp3) is 0.0417. The lowest BCUT2D eigenvalue weighted by atomic mass is 9.96. The highest BCUT2D eigenvalue weighted by molar-refractivity contribution is 6.31. The zero-order valence-electron chi connectivity index (χ0n) is 16.6. The Kier molecular flexibility index (Phi) is 4.94. The summed E-state index contributed by atoms with van der Waals surface area (Å²) in [5.74, 6) is -4.92. The van der Waals surface area contributed by atoms with Crippen molar-refractivity contribution < 1.29 is 27.9 Å². The number of pyridine rings is 1. The van der Waals surface area contributed by atoms with Gasteiger partial charge in [-0.05, 0) is 48.0 Å². The first-order chi connectivity index (χ1) is 15.8. The Balaban J connectivity index is 1.66. The number of Topliss-reactive ketones (excluding diaryl/α,β-unsaturated/α-hetero) is 1. The van der Waals surface area contributed by atoms with Crippen LogP contribution >= 0.6 is 11.6 Å². The van der Waals surface area contributed by atoms with Gasteiger partial charge in [-0.2, -0.15) is 0 Å². The zero-order valence-corrected chi connectivity index (χ0v) is 17.4. The van der Waals surface area contributed by atoms with Crippen LogP contribution in [-0.2, 0) is 4.79 Å². The topological polar surface area (TPSA) is 83.6 Å². The van der Waals surface area contributed by atoms with Gasteiger partial charge in [-0.15, -0.1) is 0 Å². The summed E-state index contributed by atoms with van der Waals surface area (Å²) in [6.07, 6.45) is 2.91. The van der Waals surface area contributed by atoms with Crippen molar-refractivity contribution >= 4 is 39.9 Å². The number of amides is 1. The number of hydrogen-bond acceptors (Lipinski definition) is 5. The molecule has 33 heavy (non-hydrogen) atoms. The normalized spacial score (nSPS) is 16.2. The van der Waals surface area contributed by atoms with E-state index in [1.165, 1.54) is 24.5 Å². The molecule has 0 fully saturated rings. The minimum absolute atomic E-state index is 0.0431. The molecule has 6 nitrogen and oxygen atoms in total. The van der Waals surface area contributed by atoms with E-state index in [2.05, 4.69) is 4.98 Å². The molecule has 9 heteroatoms. The average molecular weight is 467 g/mol. The summed E-state index contributed by atoms with van der Waals surface area (Å²) in [7, 11) is 0. The van der Waals surface area contributed by atoms with E-state index in [4.69, 9.17) is 16.0 Å². The van der Waals surface area contributed by atoms with Crippen molar-refractivity contribution in [1.82, 2.24) is 4.98 Å². The number of carbonyl (C=O) groups is 2. The number of fused-ring (bicyclic) bond motifs is 1. The van der Waals surface area contributed by atoms with Crippen molar-refractivity contribution in [2.75, 3.05) is 4.90 Å². The van der Waals surface area contributed by atoms with Crippen molar-refractivity contribution in [2.24, 2.45) is 0 Å². The summed E-state index contributed by atoms with van der Waals surface area (Å²) in [6, 6.07) is 11.1. The molecule has 1 unspecified atom stereocenters. The smallest absolute Gasteiger partial charge is 0.294 e. The Labute approximate surface area is 190 Å². The van der Waals surface area contributed by atoms with E-state index in [-0.39, 0.29) is 17.0 Å². The number of benzene rings is 2. The highest BCUT2D eigenvalue weighted by atomic mass is 35.5. The molecule has 2 aromatic carbocycles. The number of nitrogens with zero attached hydrogens (tertiary/aromatic N) is 2. The van der Waals surface area contributed by atoms with E-state index in [1.54, 1.807) is 30.3 Å². The van der Waals surface area contributed by atoms with E-state index in [9.17, 15) is 23.5 Å². The minimum atomic E-state index is -1.18. The van der Waals surface area contributed by atoms with Crippen LogP contribution in [0.2, 0.25) is 5.02 Å². The Morgan fingerprint density at radius 1 is 1.09 bits per heavy atom. The fourth-order valence-electron chi connectivity index (χ4n) is 3.85. The van der Waals surface area contributed by atoms with E-state index in [0.717, 1.165) is 17.0 Å². The molecule has 164 valence electrons. The van der Waals surface area contributed by atoms with Gasteiger partial charge >= 0.3 is 0 Å². The summed E-state index contributed by atoms with van der Waals surface area (Å²) in [5.41, 5.74) is 0.450. The Morgan fingerprint density at radius 2 is 1.91 bits per heavy atom. The number of aliphatic hydroxyl groups is 1. The predicted octanol–water partition coefficient (Wildman–Crippen LogP) is 5.54. The number of ketones is 1. The van der Waals surface area contributed by atoms with Crippen LogP contribution in [0.4, 0.5) is 14.5 Å². The third kappa shape index (κ3) is 3.44. The SMILES string of the molecule is O=C(C1=C(O)C(=O)N(c2ccc(F)c(F)c2)C1c1cccnc1)c1cc2cc(Cl)ccc2o1. The van der Waals surface area contributed by atoms with Gasteiger partial charge in [0.05, 0.1) is 11.6 Å². The van der Waals surface area contributed by atoms with Crippen LogP contribution in [-0.4, -0.2) is 21.8 Å². The van der Waals surface area contributed by atoms with Crippen molar-refractivity contribution in [1.29, 1.82) is 0 Å². The molecule has 3 heterocycles. The van der Waals surface area contributed by atoms with E-state index in [1.807, 2.05) is 0 Å². The molecular formula is C24H13ClF2N2O4. The number of furan rings is 1. The van der Waals surface area contributed by atoms with Gasteiger partial charge in [-0.3, -0.25) is 19.5 Å². The van der Waals surface area contributed by atoms with E-state index >= 15 is 0 Å². The highest BCUT2D eigenvalue weighted by Crippen LogP contribution is 2.42. The van der Waals surface area contributed by atoms with Gasteiger partial charge < -0.3 is 9.52 Å². The molecule has 0 radical (unpaired) electrons. The monoisotopic (exact) mass is 466 g/mol. The van der Waals surface area contributed by atoms with Crippen molar-refractivity contribution in [3.8, 4) is 0 Å². The molecule has 1 aliphatic heterocycles. The first-order valence-electron chi connectivity index (χ1n) is 9.70. The molecule has 0 bridgehead atoms. The minimum Gasteiger partial charge on any atom is -0.503 e. The standard InChI is InChI=1S/C24H13ClF2N2O4/c25-14-3-6-18-13(8-14)9-19(33-18)22(30)20-21(12-2-1-7-28-11-12)29(24(32)23(20)31)15-4-5-16(26)17(27)10-15/h1-11,21,31H. The van der Waals surface area contributed by atoms with Gasteiger partial charge in [0.2, 0.25) is 5.78 Å². The van der Waals surface area contributed by atoms with Crippen LogP contribution < -0.4 is 4.90 Å². The second-order valence-corrected chi connectivity index (χ2v) is 7.78. The molecule has 4 aromatic rings. The summed E-state index contributed by atoms with van der Waals surface area (Å²) < 4.78 is 33.1. The quantitative estimate of drug-likeness (QED) is 0.399. The molecule has 0 saturated carbocycles. The Morgan fingerprint density at radius 3 is 2.64 bits per heavy atom. The van der Waals surface area contributed by atoms with Crippen molar-refractivity contribution in [3.05, 3.63) is 106 Å². The maximum atomic E-state index is 14.0. The first kappa shape index (κ1) is 20.8. The number of aliphatic hydroxyl groups excluding tert-OH is 1. The lowest BCUT2D eigenvalue weighted by Crippen LogP contribution is -2.31. The third-order valence-corrected chi connectivity index (χ3v) is 5.57. The van der Waals surface area contributed by atoms with Gasteiger partial charge in [0.1, 0.15) is 5.58 Å². The lowest BCUT2D eigenvalue weighted by Gasteiger charge is -2.26.